The van der Waals surface area contributed by atoms with E-state index >= 15 is 0 Å². The number of carbonyl (C=O) groups is 1. The predicted molar refractivity (Wildman–Crippen MR) is 64.1 cm³/mol. The first-order valence-electron chi connectivity index (χ1n) is 5.73. The minimum atomic E-state index is -0.960. The van der Waals surface area contributed by atoms with Gasteiger partial charge in [-0.3, -0.25) is 4.79 Å². The van der Waals surface area contributed by atoms with Crippen molar-refractivity contribution in [3.8, 4) is 22.9 Å². The lowest BCUT2D eigenvalue weighted by Crippen LogP contribution is -2.15. The molecule has 0 radical (unpaired) electrons. The van der Waals surface area contributed by atoms with Crippen molar-refractivity contribution < 1.29 is 19.4 Å². The number of carboxylic acid groups (broad SMARTS) is 1. The highest BCUT2D eigenvalue weighted by Gasteiger charge is 2.14. The van der Waals surface area contributed by atoms with Gasteiger partial charge in [0.15, 0.2) is 17.3 Å². The Bertz CT molecular complexity index is 623. The second-order valence-electron chi connectivity index (χ2n) is 4.02. The monoisotopic (exact) mass is 261 g/mol. The fourth-order valence-corrected chi connectivity index (χ4v) is 1.82. The lowest BCUT2D eigenvalue weighted by molar-refractivity contribution is -0.137. The van der Waals surface area contributed by atoms with Crippen LogP contribution >= 0.6 is 0 Å². The van der Waals surface area contributed by atoms with Gasteiger partial charge in [-0.2, -0.15) is 5.10 Å². The number of benzene rings is 1. The molecule has 3 rings (SSSR count). The predicted octanol–water partition coefficient (Wildman–Crippen LogP) is 0.801. The Balaban J connectivity index is 1.89. The van der Waals surface area contributed by atoms with E-state index in [2.05, 4.69) is 10.1 Å². The van der Waals surface area contributed by atoms with Crippen molar-refractivity contribution >= 4 is 5.97 Å². The molecule has 0 unspecified atom stereocenters. The van der Waals surface area contributed by atoms with E-state index in [0.717, 1.165) is 5.56 Å². The molecule has 1 aromatic heterocycles. The Morgan fingerprint density at radius 2 is 2.11 bits per heavy atom. The van der Waals surface area contributed by atoms with Gasteiger partial charge in [-0.1, -0.05) is 0 Å². The molecule has 0 amide bonds. The fraction of sp³-hybridized carbons (Fsp3) is 0.250. The molecule has 0 bridgehead atoms. The summed E-state index contributed by atoms with van der Waals surface area (Å²) < 4.78 is 12.2. The number of hydrogen-bond acceptors (Lipinski definition) is 5. The van der Waals surface area contributed by atoms with Crippen LogP contribution in [0.2, 0.25) is 0 Å². The van der Waals surface area contributed by atoms with Crippen molar-refractivity contribution in [3.05, 3.63) is 24.5 Å². The third-order valence-electron chi connectivity index (χ3n) is 2.63. The normalized spacial score (nSPS) is 13.3. The summed E-state index contributed by atoms with van der Waals surface area (Å²) in [5.74, 6) is 0.843. The lowest BCUT2D eigenvalue weighted by atomic mass is 10.2. The van der Waals surface area contributed by atoms with E-state index < -0.39 is 5.97 Å². The zero-order chi connectivity index (χ0) is 13.2. The molecule has 19 heavy (non-hydrogen) atoms. The third-order valence-corrected chi connectivity index (χ3v) is 2.63. The molecule has 1 N–H and O–H groups in total. The number of carboxylic acids is 1. The highest BCUT2D eigenvalue weighted by atomic mass is 16.6. The van der Waals surface area contributed by atoms with Crippen LogP contribution in [0.4, 0.5) is 0 Å². The van der Waals surface area contributed by atoms with Crippen LogP contribution in [0.15, 0.2) is 24.5 Å². The van der Waals surface area contributed by atoms with E-state index in [1.807, 2.05) is 6.07 Å². The summed E-state index contributed by atoms with van der Waals surface area (Å²) in [5.41, 5.74) is 0.758. The zero-order valence-corrected chi connectivity index (χ0v) is 9.94. The van der Waals surface area contributed by atoms with Crippen molar-refractivity contribution in [2.24, 2.45) is 0 Å². The van der Waals surface area contributed by atoms with E-state index in [0.29, 0.717) is 30.5 Å². The van der Waals surface area contributed by atoms with Gasteiger partial charge in [-0.05, 0) is 18.2 Å². The maximum absolute atomic E-state index is 10.6. The molecule has 1 aliphatic rings. The average Bonchev–Trinajstić information content (AvgIpc) is 2.86. The molecule has 7 heteroatoms. The lowest BCUT2D eigenvalue weighted by Gasteiger charge is -2.18. The largest absolute Gasteiger partial charge is 0.486 e. The molecule has 0 fully saturated rings. The number of nitrogens with zero attached hydrogens (tertiary/aromatic N) is 3. The molecular formula is C12H11N3O4. The first kappa shape index (κ1) is 11.5. The number of fused-ring (bicyclic) bond motifs is 1. The van der Waals surface area contributed by atoms with Gasteiger partial charge in [0, 0.05) is 5.56 Å². The van der Waals surface area contributed by atoms with Gasteiger partial charge < -0.3 is 14.6 Å². The van der Waals surface area contributed by atoms with Gasteiger partial charge in [0.1, 0.15) is 26.1 Å². The maximum Gasteiger partial charge on any atom is 0.325 e. The van der Waals surface area contributed by atoms with Gasteiger partial charge in [-0.25, -0.2) is 9.67 Å². The van der Waals surface area contributed by atoms with Crippen LogP contribution in [-0.4, -0.2) is 39.1 Å². The summed E-state index contributed by atoms with van der Waals surface area (Å²) >= 11 is 0. The number of rotatable bonds is 3. The summed E-state index contributed by atoms with van der Waals surface area (Å²) in [4.78, 5) is 14.7. The summed E-state index contributed by atoms with van der Waals surface area (Å²) in [6, 6.07) is 5.39. The molecule has 98 valence electrons. The average molecular weight is 261 g/mol. The maximum atomic E-state index is 10.6. The van der Waals surface area contributed by atoms with Crippen LogP contribution in [-0.2, 0) is 11.3 Å². The Morgan fingerprint density at radius 3 is 2.89 bits per heavy atom. The minimum Gasteiger partial charge on any atom is -0.486 e. The third kappa shape index (κ3) is 2.35. The molecule has 1 aromatic carbocycles. The SMILES string of the molecule is O=C(O)Cn1cnc(-c2ccc3c(c2)OCCO3)n1. The molecule has 0 spiro atoms. The number of ether oxygens (including phenoxy) is 2. The van der Waals surface area contributed by atoms with E-state index in [4.69, 9.17) is 14.6 Å². The summed E-state index contributed by atoms with van der Waals surface area (Å²) in [6.45, 7) is 0.840. The Morgan fingerprint density at radius 1 is 1.32 bits per heavy atom. The van der Waals surface area contributed by atoms with Crippen molar-refractivity contribution in [3.63, 3.8) is 0 Å². The molecule has 2 aromatic rings. The van der Waals surface area contributed by atoms with E-state index in [9.17, 15) is 4.79 Å². The van der Waals surface area contributed by atoms with E-state index in [1.54, 1.807) is 12.1 Å². The highest BCUT2D eigenvalue weighted by molar-refractivity contribution is 5.66. The summed E-state index contributed by atoms with van der Waals surface area (Å²) in [6.07, 6.45) is 1.39. The molecule has 0 saturated heterocycles. The number of aromatic nitrogens is 3. The molecule has 0 aliphatic carbocycles. The fourth-order valence-electron chi connectivity index (χ4n) is 1.82. The molecule has 2 heterocycles. The first-order valence-corrected chi connectivity index (χ1v) is 5.73. The highest BCUT2D eigenvalue weighted by Crippen LogP contribution is 2.33. The summed E-state index contributed by atoms with van der Waals surface area (Å²) in [5, 5.41) is 12.8. The quantitative estimate of drug-likeness (QED) is 0.879. The van der Waals surface area contributed by atoms with Gasteiger partial charge in [0.25, 0.3) is 0 Å². The van der Waals surface area contributed by atoms with Crippen molar-refractivity contribution in [1.29, 1.82) is 0 Å². The first-order chi connectivity index (χ1) is 9.22. The molecule has 7 nitrogen and oxygen atoms in total. The van der Waals surface area contributed by atoms with Crippen LogP contribution in [0, 0.1) is 0 Å². The second kappa shape index (κ2) is 4.60. The Kier molecular flexibility index (Phi) is 2.79. The van der Waals surface area contributed by atoms with Crippen molar-refractivity contribution in [2.45, 2.75) is 6.54 Å². The Labute approximate surface area is 108 Å². The van der Waals surface area contributed by atoms with Crippen LogP contribution in [0.3, 0.4) is 0 Å². The van der Waals surface area contributed by atoms with Gasteiger partial charge in [0.05, 0.1) is 0 Å². The standard InChI is InChI=1S/C12H11N3O4/c16-11(17)6-15-7-13-12(14-15)8-1-2-9-10(5-8)19-4-3-18-9/h1-2,5,7H,3-4,6H2,(H,16,17). The van der Waals surface area contributed by atoms with Crippen molar-refractivity contribution in [2.75, 3.05) is 13.2 Å². The van der Waals surface area contributed by atoms with Crippen LogP contribution in [0.25, 0.3) is 11.4 Å². The molecular weight excluding hydrogens is 250 g/mol. The summed E-state index contributed by atoms with van der Waals surface area (Å²) in [7, 11) is 0. The van der Waals surface area contributed by atoms with Gasteiger partial charge >= 0.3 is 5.97 Å². The molecule has 0 saturated carbocycles. The molecule has 0 atom stereocenters. The minimum absolute atomic E-state index is 0.211. The smallest absolute Gasteiger partial charge is 0.325 e. The van der Waals surface area contributed by atoms with Gasteiger partial charge in [-0.15, -0.1) is 0 Å². The zero-order valence-electron chi connectivity index (χ0n) is 9.94. The number of hydrogen-bond donors (Lipinski definition) is 1. The number of aliphatic carboxylic acids is 1. The second-order valence-corrected chi connectivity index (χ2v) is 4.02. The van der Waals surface area contributed by atoms with E-state index in [1.165, 1.54) is 11.0 Å². The van der Waals surface area contributed by atoms with Crippen LogP contribution < -0.4 is 9.47 Å². The van der Waals surface area contributed by atoms with Crippen molar-refractivity contribution in [1.82, 2.24) is 14.8 Å². The van der Waals surface area contributed by atoms with E-state index in [-0.39, 0.29) is 6.54 Å². The van der Waals surface area contributed by atoms with Gasteiger partial charge in [0.2, 0.25) is 0 Å². The Hall–Kier alpha value is -2.57. The van der Waals surface area contributed by atoms with Crippen LogP contribution in [0.5, 0.6) is 11.5 Å². The topological polar surface area (TPSA) is 86.5 Å². The van der Waals surface area contributed by atoms with Crippen LogP contribution in [0.1, 0.15) is 0 Å². The molecule has 1 aliphatic heterocycles.